The molecule has 0 atom stereocenters. The molecule has 6 nitrogen and oxygen atoms in total. The van der Waals surface area contributed by atoms with Crippen molar-refractivity contribution >= 4 is 0 Å². The largest absolute Gasteiger partial charge is 0.493 e. The second-order valence-electron chi connectivity index (χ2n) is 8.66. The van der Waals surface area contributed by atoms with Crippen molar-refractivity contribution < 1.29 is 9.26 Å². The van der Waals surface area contributed by atoms with E-state index in [1.54, 1.807) is 6.20 Å². The third-order valence-corrected chi connectivity index (χ3v) is 6.12. The number of benzene rings is 2. The highest BCUT2D eigenvalue weighted by Gasteiger charge is 2.20. The molecule has 33 heavy (non-hydrogen) atoms. The molecule has 0 unspecified atom stereocenters. The topological polar surface area (TPSA) is 64.3 Å². The second-order valence-corrected chi connectivity index (χ2v) is 8.66. The molecule has 6 heteroatoms. The van der Waals surface area contributed by atoms with Gasteiger partial charge in [-0.3, -0.25) is 9.88 Å². The van der Waals surface area contributed by atoms with Crippen molar-refractivity contribution in [2.45, 2.75) is 26.3 Å². The highest BCUT2D eigenvalue weighted by molar-refractivity contribution is 5.60. The summed E-state index contributed by atoms with van der Waals surface area (Å²) in [6.45, 7) is 5.93. The lowest BCUT2D eigenvalue weighted by molar-refractivity contribution is 0.137. The van der Waals surface area contributed by atoms with Crippen LogP contribution in [0.4, 0.5) is 0 Å². The van der Waals surface area contributed by atoms with Crippen LogP contribution in [-0.2, 0) is 6.54 Å². The van der Waals surface area contributed by atoms with Crippen LogP contribution in [0, 0.1) is 12.8 Å². The lowest BCUT2D eigenvalue weighted by Gasteiger charge is -2.31. The molecule has 0 aliphatic carbocycles. The Labute approximate surface area is 194 Å². The van der Waals surface area contributed by atoms with Gasteiger partial charge in [-0.15, -0.1) is 0 Å². The first kappa shape index (κ1) is 21.3. The first-order valence-electron chi connectivity index (χ1n) is 11.5. The van der Waals surface area contributed by atoms with Crippen LogP contribution in [0.3, 0.4) is 0 Å². The Bertz CT molecular complexity index is 1170. The number of ether oxygens (including phenoxy) is 1. The van der Waals surface area contributed by atoms with Gasteiger partial charge >= 0.3 is 0 Å². The van der Waals surface area contributed by atoms with E-state index in [2.05, 4.69) is 50.4 Å². The van der Waals surface area contributed by atoms with E-state index in [1.165, 1.54) is 5.56 Å². The fourth-order valence-electron chi connectivity index (χ4n) is 4.14. The third kappa shape index (κ3) is 5.46. The van der Waals surface area contributed by atoms with Crippen molar-refractivity contribution in [2.75, 3.05) is 19.7 Å². The van der Waals surface area contributed by atoms with E-state index in [0.29, 0.717) is 17.6 Å². The van der Waals surface area contributed by atoms with Crippen molar-refractivity contribution in [1.82, 2.24) is 20.0 Å². The number of nitrogens with zero attached hydrogens (tertiary/aromatic N) is 4. The van der Waals surface area contributed by atoms with Gasteiger partial charge in [0.05, 0.1) is 6.61 Å². The lowest BCUT2D eigenvalue weighted by Crippen LogP contribution is -2.35. The fourth-order valence-corrected chi connectivity index (χ4v) is 4.14. The summed E-state index contributed by atoms with van der Waals surface area (Å²) in [5.41, 5.74) is 4.02. The van der Waals surface area contributed by atoms with Crippen LogP contribution in [0.1, 0.15) is 24.1 Å². The summed E-state index contributed by atoms with van der Waals surface area (Å²) in [6, 6.07) is 22.4. The van der Waals surface area contributed by atoms with Gasteiger partial charge < -0.3 is 9.26 Å². The van der Waals surface area contributed by atoms with Gasteiger partial charge in [0.1, 0.15) is 5.75 Å². The quantitative estimate of drug-likeness (QED) is 0.383. The fraction of sp³-hybridized carbons (Fsp3) is 0.296. The SMILES string of the molecule is Cc1ccc(-c2noc(-c3cccc(OCC4CCN(Cc5ccccc5)CC4)c3)n2)cn1. The van der Waals surface area contributed by atoms with Gasteiger partial charge in [-0.1, -0.05) is 41.6 Å². The minimum absolute atomic E-state index is 0.477. The van der Waals surface area contributed by atoms with Gasteiger partial charge in [-0.2, -0.15) is 4.98 Å². The maximum Gasteiger partial charge on any atom is 0.258 e. The summed E-state index contributed by atoms with van der Waals surface area (Å²) in [5.74, 6) is 2.41. The number of hydrogen-bond donors (Lipinski definition) is 0. The molecule has 2 aromatic carbocycles. The summed E-state index contributed by atoms with van der Waals surface area (Å²) >= 11 is 0. The molecule has 0 amide bonds. The molecule has 5 rings (SSSR count). The molecule has 1 saturated heterocycles. The molecular weight excluding hydrogens is 412 g/mol. The van der Waals surface area contributed by atoms with Gasteiger partial charge in [0, 0.05) is 29.6 Å². The summed E-state index contributed by atoms with van der Waals surface area (Å²) in [4.78, 5) is 11.4. The van der Waals surface area contributed by atoms with Crippen LogP contribution in [0.15, 0.2) is 77.4 Å². The zero-order valence-corrected chi connectivity index (χ0v) is 18.9. The smallest absolute Gasteiger partial charge is 0.258 e. The van der Waals surface area contributed by atoms with Gasteiger partial charge in [-0.25, -0.2) is 0 Å². The van der Waals surface area contributed by atoms with Crippen LogP contribution in [0.5, 0.6) is 5.75 Å². The minimum Gasteiger partial charge on any atom is -0.493 e. The number of aryl methyl sites for hydroxylation is 1. The summed E-state index contributed by atoms with van der Waals surface area (Å²) in [6.07, 6.45) is 4.07. The normalized spacial score (nSPS) is 14.9. The Morgan fingerprint density at radius 2 is 1.82 bits per heavy atom. The molecule has 168 valence electrons. The van der Waals surface area contributed by atoms with Crippen LogP contribution < -0.4 is 4.74 Å². The predicted octanol–water partition coefficient (Wildman–Crippen LogP) is 5.40. The number of likely N-dealkylation sites (tertiary alicyclic amines) is 1. The van der Waals surface area contributed by atoms with E-state index in [1.807, 2.05) is 43.3 Å². The van der Waals surface area contributed by atoms with Crippen molar-refractivity contribution in [1.29, 1.82) is 0 Å². The number of pyridine rings is 1. The average Bonchev–Trinajstić information content (AvgIpc) is 3.35. The predicted molar refractivity (Wildman–Crippen MR) is 128 cm³/mol. The number of rotatable bonds is 7. The van der Waals surface area contributed by atoms with Crippen molar-refractivity contribution in [2.24, 2.45) is 5.92 Å². The molecule has 4 aromatic rings. The zero-order chi connectivity index (χ0) is 22.5. The molecule has 1 aliphatic rings. The van der Waals surface area contributed by atoms with E-state index in [9.17, 15) is 0 Å². The van der Waals surface area contributed by atoms with E-state index >= 15 is 0 Å². The lowest BCUT2D eigenvalue weighted by atomic mass is 9.97. The Balaban J connectivity index is 1.15. The van der Waals surface area contributed by atoms with E-state index in [4.69, 9.17) is 9.26 Å². The number of hydrogen-bond acceptors (Lipinski definition) is 6. The summed E-state index contributed by atoms with van der Waals surface area (Å²) < 4.78 is 11.6. The molecule has 2 aromatic heterocycles. The minimum atomic E-state index is 0.477. The molecule has 0 radical (unpaired) electrons. The monoisotopic (exact) mass is 440 g/mol. The standard InChI is InChI=1S/C27H28N4O2/c1-20-10-11-24(17-28-20)26-29-27(33-30-26)23-8-5-9-25(16-23)32-19-22-12-14-31(15-13-22)18-21-6-3-2-4-7-21/h2-11,16-17,22H,12-15,18-19H2,1H3. The molecule has 3 heterocycles. The van der Waals surface area contributed by atoms with Crippen LogP contribution >= 0.6 is 0 Å². The maximum absolute atomic E-state index is 6.15. The molecule has 0 bridgehead atoms. The third-order valence-electron chi connectivity index (χ3n) is 6.12. The van der Waals surface area contributed by atoms with Gasteiger partial charge in [0.2, 0.25) is 5.82 Å². The molecule has 0 spiro atoms. The first-order chi connectivity index (χ1) is 16.2. The Hall–Kier alpha value is -3.51. The van der Waals surface area contributed by atoms with E-state index < -0.39 is 0 Å². The Morgan fingerprint density at radius 3 is 2.61 bits per heavy atom. The average molecular weight is 441 g/mol. The molecule has 1 fully saturated rings. The summed E-state index contributed by atoms with van der Waals surface area (Å²) in [7, 11) is 0. The zero-order valence-electron chi connectivity index (χ0n) is 18.9. The molecular formula is C27H28N4O2. The van der Waals surface area contributed by atoms with Crippen LogP contribution in [0.2, 0.25) is 0 Å². The van der Waals surface area contributed by atoms with E-state index in [-0.39, 0.29) is 0 Å². The molecule has 0 saturated carbocycles. The maximum atomic E-state index is 6.15. The van der Waals surface area contributed by atoms with Crippen molar-refractivity contribution in [3.63, 3.8) is 0 Å². The van der Waals surface area contributed by atoms with Crippen LogP contribution in [-0.4, -0.2) is 39.7 Å². The first-order valence-corrected chi connectivity index (χ1v) is 11.5. The number of aromatic nitrogens is 3. The second kappa shape index (κ2) is 9.96. The molecule has 0 N–H and O–H groups in total. The van der Waals surface area contributed by atoms with Gasteiger partial charge in [-0.05, 0) is 74.7 Å². The van der Waals surface area contributed by atoms with Crippen molar-refractivity contribution in [3.8, 4) is 28.6 Å². The highest BCUT2D eigenvalue weighted by atomic mass is 16.5. The van der Waals surface area contributed by atoms with E-state index in [0.717, 1.165) is 61.7 Å². The summed E-state index contributed by atoms with van der Waals surface area (Å²) in [5, 5.41) is 4.11. The molecule has 1 aliphatic heterocycles. The van der Waals surface area contributed by atoms with Gasteiger partial charge in [0.15, 0.2) is 0 Å². The highest BCUT2D eigenvalue weighted by Crippen LogP contribution is 2.26. The van der Waals surface area contributed by atoms with Crippen molar-refractivity contribution in [3.05, 3.63) is 84.2 Å². The Kier molecular flexibility index (Phi) is 6.44. The Morgan fingerprint density at radius 1 is 0.970 bits per heavy atom. The van der Waals surface area contributed by atoms with Gasteiger partial charge in [0.25, 0.3) is 5.89 Å². The number of piperidine rings is 1. The van der Waals surface area contributed by atoms with Crippen LogP contribution in [0.25, 0.3) is 22.8 Å².